The maximum absolute atomic E-state index is 9.84. The van der Waals surface area contributed by atoms with E-state index in [2.05, 4.69) is 4.57 Å². The second-order valence-electron chi connectivity index (χ2n) is 6.10. The third-order valence-corrected chi connectivity index (χ3v) is 4.22. The van der Waals surface area contributed by atoms with Gasteiger partial charge in [0.1, 0.15) is 31.0 Å². The molecule has 1 fully saturated rings. The number of ether oxygens (including phenoxy) is 2. The minimum Gasteiger partial charge on any atom is -0.394 e. The van der Waals surface area contributed by atoms with Crippen molar-refractivity contribution in [2.45, 2.75) is 62.9 Å². The van der Waals surface area contributed by atoms with Gasteiger partial charge >= 0.3 is 0 Å². The van der Waals surface area contributed by atoms with Gasteiger partial charge in [-0.3, -0.25) is 0 Å². The molecule has 2 rings (SSSR count). The minimum atomic E-state index is -1.39. The molecule has 1 aromatic rings. The molecule has 0 bridgehead atoms. The van der Waals surface area contributed by atoms with E-state index in [0.29, 0.717) is 6.61 Å². The number of aryl methyl sites for hydroxylation is 1. The number of rotatable bonds is 9. The molecule has 5 atom stereocenters. The summed E-state index contributed by atoms with van der Waals surface area (Å²) in [5.41, 5.74) is 0. The van der Waals surface area contributed by atoms with Crippen LogP contribution in [-0.4, -0.2) is 64.3 Å². The van der Waals surface area contributed by atoms with Crippen LogP contribution in [0.5, 0.6) is 0 Å². The highest BCUT2D eigenvalue weighted by molar-refractivity contribution is 4.88. The fraction of sp³-hybridized carbons (Fsp3) is 0.706. The van der Waals surface area contributed by atoms with E-state index in [4.69, 9.17) is 14.6 Å². The number of pyridine rings is 1. The smallest absolute Gasteiger partial charge is 0.186 e. The van der Waals surface area contributed by atoms with Crippen LogP contribution in [0.15, 0.2) is 30.6 Å². The summed E-state index contributed by atoms with van der Waals surface area (Å²) >= 11 is 0. The van der Waals surface area contributed by atoms with Gasteiger partial charge in [-0.2, -0.15) is 0 Å². The number of aromatic nitrogens is 1. The fourth-order valence-electron chi connectivity index (χ4n) is 2.74. The van der Waals surface area contributed by atoms with Crippen molar-refractivity contribution in [2.24, 2.45) is 0 Å². The predicted molar refractivity (Wildman–Crippen MR) is 84.8 cm³/mol. The van der Waals surface area contributed by atoms with Gasteiger partial charge in [0.15, 0.2) is 18.7 Å². The Kier molecular flexibility index (Phi) is 8.04. The van der Waals surface area contributed by atoms with Crippen LogP contribution in [0.3, 0.4) is 0 Å². The molecule has 0 spiro atoms. The van der Waals surface area contributed by atoms with E-state index in [0.717, 1.165) is 32.2 Å². The van der Waals surface area contributed by atoms with Crippen LogP contribution in [0.4, 0.5) is 0 Å². The van der Waals surface area contributed by atoms with E-state index in [1.807, 2.05) is 30.6 Å². The number of aliphatic hydroxyl groups excluding tert-OH is 4. The third-order valence-electron chi connectivity index (χ3n) is 4.22. The highest BCUT2D eigenvalue weighted by Crippen LogP contribution is 2.22. The summed E-state index contributed by atoms with van der Waals surface area (Å²) in [5.74, 6) is 0. The lowest BCUT2D eigenvalue weighted by Crippen LogP contribution is -2.59. The first kappa shape index (κ1) is 19.2. The SMILES string of the molecule is OC[C@H]1O[C@@H](OCCCCCC[n+]2ccccc2)[C@H](O)[C@@H](O)[C@@H]1O. The monoisotopic (exact) mass is 342 g/mol. The van der Waals surface area contributed by atoms with Crippen LogP contribution in [0.25, 0.3) is 0 Å². The first-order valence-corrected chi connectivity index (χ1v) is 8.49. The van der Waals surface area contributed by atoms with Crippen molar-refractivity contribution in [3.05, 3.63) is 30.6 Å². The normalized spacial score (nSPS) is 30.4. The zero-order valence-corrected chi connectivity index (χ0v) is 13.8. The molecule has 0 aliphatic carbocycles. The summed E-state index contributed by atoms with van der Waals surface area (Å²) in [6.07, 6.45) is 2.04. The molecule has 0 aromatic carbocycles. The van der Waals surface area contributed by atoms with E-state index in [1.54, 1.807) is 0 Å². The molecule has 1 aliphatic rings. The Morgan fingerprint density at radius 2 is 1.58 bits per heavy atom. The first-order chi connectivity index (χ1) is 11.6. The minimum absolute atomic E-state index is 0.390. The zero-order chi connectivity index (χ0) is 17.4. The quantitative estimate of drug-likeness (QED) is 0.351. The predicted octanol–water partition coefficient (Wildman–Crippen LogP) is -0.649. The molecule has 0 saturated carbocycles. The molecular weight excluding hydrogens is 314 g/mol. The second-order valence-corrected chi connectivity index (χ2v) is 6.10. The van der Waals surface area contributed by atoms with Crippen LogP contribution in [0.1, 0.15) is 25.7 Å². The molecule has 2 heterocycles. The summed E-state index contributed by atoms with van der Waals surface area (Å²) in [6, 6.07) is 6.01. The van der Waals surface area contributed by atoms with Gasteiger partial charge in [0.25, 0.3) is 0 Å². The maximum Gasteiger partial charge on any atom is 0.186 e. The van der Waals surface area contributed by atoms with Gasteiger partial charge in [-0.1, -0.05) is 12.5 Å². The molecule has 24 heavy (non-hydrogen) atoms. The third kappa shape index (κ3) is 5.47. The number of aliphatic hydroxyl groups is 4. The van der Waals surface area contributed by atoms with Crippen LogP contribution in [-0.2, 0) is 16.0 Å². The second kappa shape index (κ2) is 10.0. The van der Waals surface area contributed by atoms with Gasteiger partial charge < -0.3 is 29.9 Å². The summed E-state index contributed by atoms with van der Waals surface area (Å²) in [6.45, 7) is 0.928. The topological polar surface area (TPSA) is 103 Å². The Morgan fingerprint density at radius 1 is 0.875 bits per heavy atom. The van der Waals surface area contributed by atoms with E-state index in [-0.39, 0.29) is 0 Å². The van der Waals surface area contributed by atoms with Gasteiger partial charge in [-0.15, -0.1) is 0 Å². The Hall–Kier alpha value is -1.09. The number of nitrogens with zero attached hydrogens (tertiary/aromatic N) is 1. The Bertz CT molecular complexity index is 458. The fourth-order valence-corrected chi connectivity index (χ4v) is 2.74. The molecule has 1 aliphatic heterocycles. The molecule has 0 amide bonds. The van der Waals surface area contributed by atoms with Crippen molar-refractivity contribution >= 4 is 0 Å². The lowest BCUT2D eigenvalue weighted by Gasteiger charge is -2.39. The van der Waals surface area contributed by atoms with Crippen molar-refractivity contribution in [1.82, 2.24) is 0 Å². The Labute approximate surface area is 142 Å². The summed E-state index contributed by atoms with van der Waals surface area (Å²) in [4.78, 5) is 0. The van der Waals surface area contributed by atoms with Crippen molar-refractivity contribution < 1.29 is 34.5 Å². The van der Waals surface area contributed by atoms with Crippen molar-refractivity contribution in [1.29, 1.82) is 0 Å². The standard InChI is InChI=1S/C17H28NO6/c19-12-13-14(20)15(21)16(22)17(24-13)23-11-7-2-1-4-8-18-9-5-3-6-10-18/h3,5-6,9-10,13-17,19-22H,1-2,4,7-8,11-12H2/q+1/t13-,14-,15+,16-,17-/m1/s1. The molecule has 4 N–H and O–H groups in total. The number of hydrogen-bond donors (Lipinski definition) is 4. The molecule has 1 aromatic heterocycles. The van der Waals surface area contributed by atoms with E-state index in [9.17, 15) is 15.3 Å². The van der Waals surface area contributed by atoms with Crippen LogP contribution in [0.2, 0.25) is 0 Å². The lowest BCUT2D eigenvalue weighted by atomic mass is 9.99. The highest BCUT2D eigenvalue weighted by Gasteiger charge is 2.43. The summed E-state index contributed by atoms with van der Waals surface area (Å²) in [7, 11) is 0. The Balaban J connectivity index is 1.58. The zero-order valence-electron chi connectivity index (χ0n) is 13.8. The molecule has 0 radical (unpaired) electrons. The average Bonchev–Trinajstić information content (AvgIpc) is 2.61. The van der Waals surface area contributed by atoms with E-state index in [1.165, 1.54) is 0 Å². The molecule has 7 nitrogen and oxygen atoms in total. The molecule has 7 heteroatoms. The van der Waals surface area contributed by atoms with Crippen molar-refractivity contribution in [2.75, 3.05) is 13.2 Å². The van der Waals surface area contributed by atoms with Crippen molar-refractivity contribution in [3.63, 3.8) is 0 Å². The maximum atomic E-state index is 9.84. The average molecular weight is 342 g/mol. The van der Waals surface area contributed by atoms with Crippen molar-refractivity contribution in [3.8, 4) is 0 Å². The first-order valence-electron chi connectivity index (χ1n) is 8.49. The van der Waals surface area contributed by atoms with Crippen LogP contribution >= 0.6 is 0 Å². The van der Waals surface area contributed by atoms with Crippen LogP contribution < -0.4 is 4.57 Å². The molecule has 136 valence electrons. The van der Waals surface area contributed by atoms with Gasteiger partial charge in [-0.05, 0) is 12.8 Å². The van der Waals surface area contributed by atoms with Crippen LogP contribution in [0, 0.1) is 0 Å². The molecular formula is C17H28NO6+. The van der Waals surface area contributed by atoms with Gasteiger partial charge in [0, 0.05) is 25.2 Å². The summed E-state index contributed by atoms with van der Waals surface area (Å²) < 4.78 is 12.9. The van der Waals surface area contributed by atoms with Gasteiger partial charge in [0.05, 0.1) is 6.61 Å². The largest absolute Gasteiger partial charge is 0.394 e. The lowest BCUT2D eigenvalue weighted by molar-refractivity contribution is -0.697. The summed E-state index contributed by atoms with van der Waals surface area (Å²) in [5, 5.41) is 38.3. The van der Waals surface area contributed by atoms with E-state index < -0.39 is 37.3 Å². The van der Waals surface area contributed by atoms with Gasteiger partial charge in [0.2, 0.25) is 0 Å². The number of unbranched alkanes of at least 4 members (excludes halogenated alkanes) is 3. The Morgan fingerprint density at radius 3 is 2.29 bits per heavy atom. The van der Waals surface area contributed by atoms with Gasteiger partial charge in [-0.25, -0.2) is 4.57 Å². The highest BCUT2D eigenvalue weighted by atomic mass is 16.7. The number of hydrogen-bond acceptors (Lipinski definition) is 6. The van der Waals surface area contributed by atoms with E-state index >= 15 is 0 Å². The molecule has 0 unspecified atom stereocenters. The molecule has 1 saturated heterocycles.